The van der Waals surface area contributed by atoms with Gasteiger partial charge in [0.05, 0.1) is 0 Å². The second-order valence-corrected chi connectivity index (χ2v) is 6.03. The molecule has 1 atom stereocenters. The molecule has 1 aliphatic carbocycles. The molecule has 5 heteroatoms. The number of benzene rings is 1. The van der Waals surface area contributed by atoms with E-state index in [1.165, 1.54) is 11.1 Å². The summed E-state index contributed by atoms with van der Waals surface area (Å²) in [6, 6.07) is 6.38. The molecule has 0 saturated carbocycles. The first-order valence-electron chi connectivity index (χ1n) is 6.69. The highest BCUT2D eigenvalue weighted by Gasteiger charge is 2.19. The van der Waals surface area contributed by atoms with Crippen LogP contribution in [-0.2, 0) is 17.7 Å². The zero-order chi connectivity index (χ0) is 14.0. The number of rotatable bonds is 2. The number of carbonyl (C=O) groups excluding carboxylic acids is 1. The van der Waals surface area contributed by atoms with Crippen LogP contribution in [-0.4, -0.2) is 11.7 Å². The standard InChI is InChI=1S/C15H22N2O2.ClH/c1-15(2,3)19-14(18)17-9-10-4-6-12-11(8-10)5-7-13(12)16;/h4,6,8,13H,5,7,9,16H2,1-3H3,(H,17,18);1H. The molecule has 0 radical (unpaired) electrons. The molecule has 0 aromatic heterocycles. The molecule has 1 aliphatic rings. The summed E-state index contributed by atoms with van der Waals surface area (Å²) in [5.74, 6) is 0. The Morgan fingerprint density at radius 1 is 1.45 bits per heavy atom. The number of hydrogen-bond donors (Lipinski definition) is 2. The van der Waals surface area contributed by atoms with E-state index < -0.39 is 5.60 Å². The van der Waals surface area contributed by atoms with Crippen molar-refractivity contribution in [3.8, 4) is 0 Å². The number of nitrogens with one attached hydrogen (secondary N) is 1. The zero-order valence-corrected chi connectivity index (χ0v) is 13.0. The van der Waals surface area contributed by atoms with Gasteiger partial charge in [-0.15, -0.1) is 12.4 Å². The lowest BCUT2D eigenvalue weighted by atomic mass is 10.1. The summed E-state index contributed by atoms with van der Waals surface area (Å²) in [5.41, 5.74) is 9.16. The third kappa shape index (κ3) is 4.39. The highest BCUT2D eigenvalue weighted by atomic mass is 35.5. The van der Waals surface area contributed by atoms with Crippen LogP contribution in [0.3, 0.4) is 0 Å². The molecule has 2 rings (SSSR count). The molecule has 0 bridgehead atoms. The monoisotopic (exact) mass is 298 g/mol. The first-order valence-corrected chi connectivity index (χ1v) is 6.69. The van der Waals surface area contributed by atoms with Gasteiger partial charge < -0.3 is 15.8 Å². The fourth-order valence-corrected chi connectivity index (χ4v) is 2.30. The Morgan fingerprint density at radius 3 is 2.80 bits per heavy atom. The largest absolute Gasteiger partial charge is 0.444 e. The van der Waals surface area contributed by atoms with Crippen molar-refractivity contribution in [1.29, 1.82) is 0 Å². The van der Waals surface area contributed by atoms with Crippen molar-refractivity contribution in [3.63, 3.8) is 0 Å². The number of aryl methyl sites for hydroxylation is 1. The Morgan fingerprint density at radius 2 is 2.15 bits per heavy atom. The van der Waals surface area contributed by atoms with Gasteiger partial charge in [0.25, 0.3) is 0 Å². The van der Waals surface area contributed by atoms with Crippen molar-refractivity contribution in [3.05, 3.63) is 34.9 Å². The smallest absolute Gasteiger partial charge is 0.407 e. The predicted molar refractivity (Wildman–Crippen MR) is 82.0 cm³/mol. The van der Waals surface area contributed by atoms with Crippen LogP contribution in [0.15, 0.2) is 18.2 Å². The molecule has 1 unspecified atom stereocenters. The average Bonchev–Trinajstić information content (AvgIpc) is 2.66. The highest BCUT2D eigenvalue weighted by molar-refractivity contribution is 5.85. The molecular formula is C15H23ClN2O2. The molecule has 20 heavy (non-hydrogen) atoms. The molecule has 112 valence electrons. The van der Waals surface area contributed by atoms with E-state index in [4.69, 9.17) is 10.5 Å². The minimum atomic E-state index is -0.464. The van der Waals surface area contributed by atoms with Gasteiger partial charge in [-0.2, -0.15) is 0 Å². The minimum absolute atomic E-state index is 0. The van der Waals surface area contributed by atoms with Crippen LogP contribution in [0.25, 0.3) is 0 Å². The number of nitrogens with two attached hydrogens (primary N) is 1. The molecule has 4 nitrogen and oxygen atoms in total. The fourth-order valence-electron chi connectivity index (χ4n) is 2.30. The van der Waals surface area contributed by atoms with E-state index in [0.717, 1.165) is 18.4 Å². The third-order valence-corrected chi connectivity index (χ3v) is 3.17. The van der Waals surface area contributed by atoms with Crippen LogP contribution in [0.5, 0.6) is 0 Å². The van der Waals surface area contributed by atoms with Crippen molar-refractivity contribution in [2.24, 2.45) is 5.73 Å². The number of halogens is 1. The number of hydrogen-bond acceptors (Lipinski definition) is 3. The maximum Gasteiger partial charge on any atom is 0.407 e. The molecule has 3 N–H and O–H groups in total. The van der Waals surface area contributed by atoms with Gasteiger partial charge in [-0.05, 0) is 50.3 Å². The Labute approximate surface area is 126 Å². The summed E-state index contributed by atoms with van der Waals surface area (Å²) in [6.45, 7) is 6.04. The van der Waals surface area contributed by atoms with E-state index in [0.29, 0.717) is 6.54 Å². The van der Waals surface area contributed by atoms with Gasteiger partial charge in [-0.1, -0.05) is 18.2 Å². The molecule has 0 heterocycles. The lowest BCUT2D eigenvalue weighted by Gasteiger charge is -2.19. The second kappa shape index (κ2) is 6.46. The molecule has 0 spiro atoms. The number of alkyl carbamates (subject to hydrolysis) is 1. The minimum Gasteiger partial charge on any atom is -0.444 e. The molecule has 0 saturated heterocycles. The van der Waals surface area contributed by atoms with Crippen molar-refractivity contribution in [1.82, 2.24) is 5.32 Å². The lowest BCUT2D eigenvalue weighted by Crippen LogP contribution is -2.32. The van der Waals surface area contributed by atoms with E-state index in [1.54, 1.807) is 0 Å². The van der Waals surface area contributed by atoms with Crippen molar-refractivity contribution >= 4 is 18.5 Å². The van der Waals surface area contributed by atoms with E-state index in [2.05, 4.69) is 17.4 Å². The SMILES string of the molecule is CC(C)(C)OC(=O)NCc1ccc2c(c1)CCC2N.Cl. The number of fused-ring (bicyclic) bond motifs is 1. The highest BCUT2D eigenvalue weighted by Crippen LogP contribution is 2.29. The van der Waals surface area contributed by atoms with Gasteiger partial charge in [0.2, 0.25) is 0 Å². The van der Waals surface area contributed by atoms with Crippen molar-refractivity contribution in [2.45, 2.75) is 51.8 Å². The summed E-state index contributed by atoms with van der Waals surface area (Å²) < 4.78 is 5.20. The van der Waals surface area contributed by atoms with Crippen molar-refractivity contribution in [2.75, 3.05) is 0 Å². The average molecular weight is 299 g/mol. The maximum atomic E-state index is 11.6. The van der Waals surface area contributed by atoms with Gasteiger partial charge in [-0.25, -0.2) is 4.79 Å². The van der Waals surface area contributed by atoms with E-state index >= 15 is 0 Å². The first-order chi connectivity index (χ1) is 8.85. The quantitative estimate of drug-likeness (QED) is 0.882. The maximum absolute atomic E-state index is 11.6. The molecule has 0 aliphatic heterocycles. The van der Waals surface area contributed by atoms with Crippen LogP contribution in [0.4, 0.5) is 4.79 Å². The van der Waals surface area contributed by atoms with E-state index in [9.17, 15) is 4.79 Å². The molecule has 1 aromatic carbocycles. The van der Waals surface area contributed by atoms with Crippen LogP contribution < -0.4 is 11.1 Å². The first kappa shape index (κ1) is 16.8. The Kier molecular flexibility index (Phi) is 5.42. The van der Waals surface area contributed by atoms with E-state index in [1.807, 2.05) is 26.8 Å². The van der Waals surface area contributed by atoms with Crippen LogP contribution in [0.2, 0.25) is 0 Å². The summed E-state index contributed by atoms with van der Waals surface area (Å²) in [5, 5.41) is 2.77. The number of ether oxygens (including phenoxy) is 1. The van der Waals surface area contributed by atoms with Gasteiger partial charge in [0.1, 0.15) is 5.60 Å². The molecule has 1 aromatic rings. The summed E-state index contributed by atoms with van der Waals surface area (Å²) in [6.07, 6.45) is 1.65. The zero-order valence-electron chi connectivity index (χ0n) is 12.2. The topological polar surface area (TPSA) is 64.3 Å². The predicted octanol–water partition coefficient (Wildman–Crippen LogP) is 3.08. The van der Waals surface area contributed by atoms with Gasteiger partial charge in [0, 0.05) is 12.6 Å². The Balaban J connectivity index is 0.00000200. The Bertz CT molecular complexity index is 483. The Hall–Kier alpha value is -1.26. The van der Waals surface area contributed by atoms with E-state index in [-0.39, 0.29) is 24.5 Å². The molecular weight excluding hydrogens is 276 g/mol. The van der Waals surface area contributed by atoms with Gasteiger partial charge >= 0.3 is 6.09 Å². The number of amides is 1. The second-order valence-electron chi connectivity index (χ2n) is 6.03. The molecule has 0 fully saturated rings. The van der Waals surface area contributed by atoms with Crippen molar-refractivity contribution < 1.29 is 9.53 Å². The van der Waals surface area contributed by atoms with Gasteiger partial charge in [0.15, 0.2) is 0 Å². The summed E-state index contributed by atoms with van der Waals surface area (Å²) in [4.78, 5) is 11.6. The van der Waals surface area contributed by atoms with Crippen LogP contribution >= 0.6 is 12.4 Å². The normalized spacial score (nSPS) is 17.1. The van der Waals surface area contributed by atoms with Crippen LogP contribution in [0, 0.1) is 0 Å². The van der Waals surface area contributed by atoms with Crippen LogP contribution in [0.1, 0.15) is 49.9 Å². The lowest BCUT2D eigenvalue weighted by molar-refractivity contribution is 0.0523. The summed E-state index contributed by atoms with van der Waals surface area (Å²) >= 11 is 0. The molecule has 1 amide bonds. The third-order valence-electron chi connectivity index (χ3n) is 3.17. The fraction of sp³-hybridized carbons (Fsp3) is 0.533. The van der Waals surface area contributed by atoms with Gasteiger partial charge in [-0.3, -0.25) is 0 Å². The summed E-state index contributed by atoms with van der Waals surface area (Å²) in [7, 11) is 0. The number of carbonyl (C=O) groups is 1.